The lowest BCUT2D eigenvalue weighted by Crippen LogP contribution is -2.39. The monoisotopic (exact) mass is 304 g/mol. The van der Waals surface area contributed by atoms with Crippen LogP contribution in [0, 0.1) is 0 Å². The van der Waals surface area contributed by atoms with Gasteiger partial charge in [-0.3, -0.25) is 0 Å². The summed E-state index contributed by atoms with van der Waals surface area (Å²) in [5.74, 6) is 0. The predicted octanol–water partition coefficient (Wildman–Crippen LogP) is 6.18. The number of benzene rings is 1. The molecule has 0 aliphatic heterocycles. The molecular formula is C21H38N+. The summed E-state index contributed by atoms with van der Waals surface area (Å²) in [5.41, 5.74) is 1.46. The van der Waals surface area contributed by atoms with Crippen molar-refractivity contribution in [2.75, 3.05) is 20.6 Å². The maximum Gasteiger partial charge on any atom is 0.104 e. The fourth-order valence-corrected chi connectivity index (χ4v) is 3.18. The van der Waals surface area contributed by atoms with Crippen LogP contribution in [-0.4, -0.2) is 25.1 Å². The van der Waals surface area contributed by atoms with Crippen LogP contribution in [0.2, 0.25) is 0 Å². The topological polar surface area (TPSA) is 0 Å². The average molecular weight is 305 g/mol. The van der Waals surface area contributed by atoms with Crippen LogP contribution < -0.4 is 0 Å². The number of hydrogen-bond donors (Lipinski definition) is 0. The molecule has 0 bridgehead atoms. The van der Waals surface area contributed by atoms with Crippen LogP contribution in [0.1, 0.15) is 76.7 Å². The Labute approximate surface area is 139 Å². The molecule has 0 atom stereocenters. The molecule has 0 aliphatic rings. The SMILES string of the molecule is CCCCCCCCCCCC[N+](C)(C)Cc1ccccc1. The second-order valence-corrected chi connectivity index (χ2v) is 7.49. The van der Waals surface area contributed by atoms with Gasteiger partial charge >= 0.3 is 0 Å². The van der Waals surface area contributed by atoms with Crippen LogP contribution in [0.5, 0.6) is 0 Å². The normalized spacial score (nSPS) is 11.8. The lowest BCUT2D eigenvalue weighted by Gasteiger charge is -2.30. The van der Waals surface area contributed by atoms with Crippen molar-refractivity contribution in [2.45, 2.75) is 77.7 Å². The maximum absolute atomic E-state index is 2.36. The second-order valence-electron chi connectivity index (χ2n) is 7.49. The zero-order valence-electron chi connectivity index (χ0n) is 15.3. The molecule has 1 nitrogen and oxygen atoms in total. The first kappa shape index (κ1) is 19.2. The molecule has 1 aromatic carbocycles. The Bertz CT molecular complexity index is 355. The average Bonchev–Trinajstić information content (AvgIpc) is 2.49. The molecular weight excluding hydrogens is 266 g/mol. The summed E-state index contributed by atoms with van der Waals surface area (Å²) in [6.45, 7) is 4.74. The van der Waals surface area contributed by atoms with Crippen molar-refractivity contribution in [3.8, 4) is 0 Å². The molecule has 1 rings (SSSR count). The van der Waals surface area contributed by atoms with Gasteiger partial charge in [-0.2, -0.15) is 0 Å². The Morgan fingerprint density at radius 1 is 0.682 bits per heavy atom. The second kappa shape index (κ2) is 11.7. The third kappa shape index (κ3) is 10.00. The lowest BCUT2D eigenvalue weighted by atomic mass is 10.1. The van der Waals surface area contributed by atoms with Gasteiger partial charge in [0, 0.05) is 5.56 Å². The van der Waals surface area contributed by atoms with Crippen LogP contribution in [0.15, 0.2) is 30.3 Å². The number of quaternary nitrogens is 1. The van der Waals surface area contributed by atoms with Gasteiger partial charge in [0.05, 0.1) is 20.6 Å². The van der Waals surface area contributed by atoms with Crippen LogP contribution in [0.3, 0.4) is 0 Å². The fourth-order valence-electron chi connectivity index (χ4n) is 3.18. The molecule has 0 heterocycles. The highest BCUT2D eigenvalue weighted by atomic mass is 15.3. The van der Waals surface area contributed by atoms with E-state index in [1.54, 1.807) is 0 Å². The van der Waals surface area contributed by atoms with Gasteiger partial charge in [-0.05, 0) is 12.8 Å². The van der Waals surface area contributed by atoms with E-state index >= 15 is 0 Å². The van der Waals surface area contributed by atoms with Crippen molar-refractivity contribution in [3.05, 3.63) is 35.9 Å². The van der Waals surface area contributed by atoms with Crippen LogP contribution >= 0.6 is 0 Å². The molecule has 1 aromatic rings. The van der Waals surface area contributed by atoms with Crippen molar-refractivity contribution >= 4 is 0 Å². The van der Waals surface area contributed by atoms with E-state index in [9.17, 15) is 0 Å². The molecule has 22 heavy (non-hydrogen) atoms. The number of hydrogen-bond acceptors (Lipinski definition) is 0. The van der Waals surface area contributed by atoms with E-state index in [-0.39, 0.29) is 0 Å². The summed E-state index contributed by atoms with van der Waals surface area (Å²) in [5, 5.41) is 0. The van der Waals surface area contributed by atoms with Crippen molar-refractivity contribution in [3.63, 3.8) is 0 Å². The first-order valence-corrected chi connectivity index (χ1v) is 9.50. The standard InChI is InChI=1S/C21H38N/c1-4-5-6-7-8-9-10-11-12-16-19-22(2,3)20-21-17-14-13-15-18-21/h13-15,17-18H,4-12,16,19-20H2,1-3H3/q+1. The molecule has 0 aliphatic carbocycles. The summed E-state index contributed by atoms with van der Waals surface area (Å²) >= 11 is 0. The first-order chi connectivity index (χ1) is 10.6. The largest absolute Gasteiger partial charge is 0.325 e. The van der Waals surface area contributed by atoms with E-state index in [4.69, 9.17) is 0 Å². The summed E-state index contributed by atoms with van der Waals surface area (Å²) in [4.78, 5) is 0. The van der Waals surface area contributed by atoms with E-state index in [0.29, 0.717) is 0 Å². The minimum atomic E-state index is 1.11. The number of nitrogens with zero attached hydrogens (tertiary/aromatic N) is 1. The summed E-state index contributed by atoms with van der Waals surface area (Å²) < 4.78 is 1.11. The van der Waals surface area contributed by atoms with E-state index in [0.717, 1.165) is 11.0 Å². The van der Waals surface area contributed by atoms with Gasteiger partial charge in [0.2, 0.25) is 0 Å². The zero-order chi connectivity index (χ0) is 16.1. The molecule has 0 fully saturated rings. The third-order valence-corrected chi connectivity index (χ3v) is 4.57. The zero-order valence-corrected chi connectivity index (χ0v) is 15.3. The molecule has 0 N–H and O–H groups in total. The molecule has 0 amide bonds. The van der Waals surface area contributed by atoms with E-state index in [1.165, 1.54) is 76.3 Å². The summed E-state index contributed by atoms with van der Waals surface area (Å²) in [7, 11) is 4.72. The Balaban J connectivity index is 1.99. The van der Waals surface area contributed by atoms with Gasteiger partial charge in [-0.25, -0.2) is 0 Å². The molecule has 0 radical (unpaired) electrons. The Morgan fingerprint density at radius 2 is 1.18 bits per heavy atom. The molecule has 1 heteroatoms. The minimum Gasteiger partial charge on any atom is -0.325 e. The highest BCUT2D eigenvalue weighted by Gasteiger charge is 2.14. The van der Waals surface area contributed by atoms with E-state index in [1.807, 2.05) is 0 Å². The fraction of sp³-hybridized carbons (Fsp3) is 0.714. The number of rotatable bonds is 13. The molecule has 126 valence electrons. The van der Waals surface area contributed by atoms with Crippen molar-refractivity contribution in [1.29, 1.82) is 0 Å². The first-order valence-electron chi connectivity index (χ1n) is 9.50. The van der Waals surface area contributed by atoms with Gasteiger partial charge in [0.1, 0.15) is 6.54 Å². The van der Waals surface area contributed by atoms with Gasteiger partial charge in [-0.15, -0.1) is 0 Å². The van der Waals surface area contributed by atoms with Crippen LogP contribution in [0.4, 0.5) is 0 Å². The number of unbranched alkanes of at least 4 members (excludes halogenated alkanes) is 9. The van der Waals surface area contributed by atoms with Gasteiger partial charge in [-0.1, -0.05) is 88.6 Å². The van der Waals surface area contributed by atoms with E-state index < -0.39 is 0 Å². The quantitative estimate of drug-likeness (QED) is 0.301. The Kier molecular flexibility index (Phi) is 10.2. The molecule has 0 saturated heterocycles. The molecule has 0 saturated carbocycles. The molecule has 0 aromatic heterocycles. The van der Waals surface area contributed by atoms with E-state index in [2.05, 4.69) is 51.4 Å². The molecule has 0 spiro atoms. The molecule has 0 unspecified atom stereocenters. The van der Waals surface area contributed by atoms with Crippen molar-refractivity contribution in [2.24, 2.45) is 0 Å². The highest BCUT2D eigenvalue weighted by Crippen LogP contribution is 2.13. The summed E-state index contributed by atoms with van der Waals surface area (Å²) in [6.07, 6.45) is 14.2. The van der Waals surface area contributed by atoms with Gasteiger partial charge in [0.25, 0.3) is 0 Å². The Hall–Kier alpha value is -0.820. The minimum absolute atomic E-state index is 1.11. The third-order valence-electron chi connectivity index (χ3n) is 4.57. The maximum atomic E-state index is 2.36. The Morgan fingerprint density at radius 3 is 1.73 bits per heavy atom. The predicted molar refractivity (Wildman–Crippen MR) is 99.0 cm³/mol. The van der Waals surface area contributed by atoms with Crippen molar-refractivity contribution < 1.29 is 4.48 Å². The highest BCUT2D eigenvalue weighted by molar-refractivity contribution is 5.13. The van der Waals surface area contributed by atoms with Gasteiger partial charge in [0.15, 0.2) is 0 Å². The smallest absolute Gasteiger partial charge is 0.104 e. The van der Waals surface area contributed by atoms with Crippen LogP contribution in [0.25, 0.3) is 0 Å². The van der Waals surface area contributed by atoms with Crippen molar-refractivity contribution in [1.82, 2.24) is 0 Å². The summed E-state index contributed by atoms with van der Waals surface area (Å²) in [6, 6.07) is 10.9. The lowest BCUT2D eigenvalue weighted by molar-refractivity contribution is -0.903. The van der Waals surface area contributed by atoms with Gasteiger partial charge < -0.3 is 4.48 Å². The van der Waals surface area contributed by atoms with Crippen LogP contribution in [-0.2, 0) is 6.54 Å².